The highest BCUT2D eigenvalue weighted by molar-refractivity contribution is 5.69. The van der Waals surface area contributed by atoms with Crippen LogP contribution >= 0.6 is 0 Å². The largest absolute Gasteiger partial charge is 0.463 e. The Kier molecular flexibility index (Phi) is 10.0. The van der Waals surface area contributed by atoms with Gasteiger partial charge in [-0.2, -0.15) is 0 Å². The number of carbonyl (C=O) groups is 5. The molecule has 1 aromatic rings. The van der Waals surface area contributed by atoms with E-state index in [-0.39, 0.29) is 19.0 Å². The normalized spacial score (nSPS) is 23.4. The Labute approximate surface area is 201 Å². The molecule has 1 saturated heterocycles. The Balaban J connectivity index is 2.36. The van der Waals surface area contributed by atoms with E-state index < -0.39 is 60.6 Å². The zero-order chi connectivity index (χ0) is 26.1. The van der Waals surface area contributed by atoms with Crippen molar-refractivity contribution in [1.82, 2.24) is 0 Å². The van der Waals surface area contributed by atoms with Crippen molar-refractivity contribution in [3.8, 4) is 5.75 Å². The fourth-order valence-electron chi connectivity index (χ4n) is 3.27. The molecule has 1 fully saturated rings. The summed E-state index contributed by atoms with van der Waals surface area (Å²) in [5.41, 5.74) is 0.689. The van der Waals surface area contributed by atoms with Gasteiger partial charge in [-0.15, -0.1) is 0 Å². The Bertz CT molecular complexity index is 925. The van der Waals surface area contributed by atoms with Gasteiger partial charge in [0.2, 0.25) is 12.4 Å². The van der Waals surface area contributed by atoms with Gasteiger partial charge in [-0.05, 0) is 17.7 Å². The lowest BCUT2D eigenvalue weighted by atomic mass is 9.98. The van der Waals surface area contributed by atoms with Crippen LogP contribution in [0.4, 0.5) is 0 Å². The summed E-state index contributed by atoms with van der Waals surface area (Å²) in [6.07, 6.45) is -6.40. The number of hydrogen-bond donors (Lipinski definition) is 0. The van der Waals surface area contributed by atoms with Crippen LogP contribution in [-0.4, -0.2) is 67.2 Å². The van der Waals surface area contributed by atoms with E-state index in [9.17, 15) is 24.0 Å². The van der Waals surface area contributed by atoms with Crippen LogP contribution in [-0.2, 0) is 59.0 Å². The lowest BCUT2D eigenvalue weighted by Gasteiger charge is -2.43. The molecule has 35 heavy (non-hydrogen) atoms. The third kappa shape index (κ3) is 8.89. The maximum atomic E-state index is 11.9. The summed E-state index contributed by atoms with van der Waals surface area (Å²) in [5.74, 6) is -2.98. The van der Waals surface area contributed by atoms with Gasteiger partial charge in [-0.1, -0.05) is 12.1 Å². The third-order valence-corrected chi connectivity index (χ3v) is 4.57. The maximum Gasteiger partial charge on any atom is 0.303 e. The molecule has 0 aromatic heterocycles. The van der Waals surface area contributed by atoms with Gasteiger partial charge in [0.15, 0.2) is 12.2 Å². The quantitative estimate of drug-likeness (QED) is 0.357. The van der Waals surface area contributed by atoms with Crippen molar-refractivity contribution in [3.63, 3.8) is 0 Å². The molecular formula is C23H28O12. The lowest BCUT2D eigenvalue weighted by molar-refractivity contribution is -0.288. The van der Waals surface area contributed by atoms with Crippen molar-refractivity contribution in [3.05, 3.63) is 29.8 Å². The second-order valence-corrected chi connectivity index (χ2v) is 7.61. The second kappa shape index (κ2) is 12.7. The van der Waals surface area contributed by atoms with E-state index in [1.807, 2.05) is 0 Å². The Morgan fingerprint density at radius 3 is 1.71 bits per heavy atom. The first-order valence-electron chi connectivity index (χ1n) is 10.7. The molecule has 0 aliphatic carbocycles. The average molecular weight is 496 g/mol. The average Bonchev–Trinajstić information content (AvgIpc) is 2.75. The maximum absolute atomic E-state index is 11.9. The van der Waals surface area contributed by atoms with Gasteiger partial charge in [0.1, 0.15) is 25.1 Å². The van der Waals surface area contributed by atoms with Gasteiger partial charge in [-0.25, -0.2) is 0 Å². The Hall–Kier alpha value is -3.67. The Morgan fingerprint density at radius 1 is 0.686 bits per heavy atom. The van der Waals surface area contributed by atoms with Crippen LogP contribution in [0, 0.1) is 0 Å². The molecule has 192 valence electrons. The molecule has 0 saturated carbocycles. The van der Waals surface area contributed by atoms with Gasteiger partial charge in [-0.3, -0.25) is 24.0 Å². The molecule has 12 nitrogen and oxygen atoms in total. The minimum absolute atomic E-state index is 0.0642. The van der Waals surface area contributed by atoms with E-state index in [2.05, 4.69) is 0 Å². The SMILES string of the molecule is CC(=O)OCc1ccc(O[C@@H]2O[C@H](COC(C)=O)[C@@H](OC(C)=O)[C@H](OC(C)=O)[C@H]2OC(C)=O)cc1. The zero-order valence-corrected chi connectivity index (χ0v) is 20.0. The summed E-state index contributed by atoms with van der Waals surface area (Å²) in [6, 6.07) is 6.41. The van der Waals surface area contributed by atoms with Gasteiger partial charge in [0.05, 0.1) is 0 Å². The van der Waals surface area contributed by atoms with Crippen molar-refractivity contribution in [2.24, 2.45) is 0 Å². The van der Waals surface area contributed by atoms with Crippen LogP contribution in [0.2, 0.25) is 0 Å². The molecule has 12 heteroatoms. The van der Waals surface area contributed by atoms with Crippen LogP contribution in [0.15, 0.2) is 24.3 Å². The molecule has 1 heterocycles. The van der Waals surface area contributed by atoms with E-state index in [1.165, 1.54) is 13.8 Å². The van der Waals surface area contributed by atoms with E-state index in [0.29, 0.717) is 5.56 Å². The van der Waals surface area contributed by atoms with Crippen molar-refractivity contribution in [2.45, 2.75) is 71.9 Å². The minimum atomic E-state index is -1.34. The summed E-state index contributed by atoms with van der Waals surface area (Å²) in [6.45, 7) is 5.58. The monoisotopic (exact) mass is 496 g/mol. The van der Waals surface area contributed by atoms with Crippen LogP contribution in [0.5, 0.6) is 5.75 Å². The predicted octanol–water partition coefficient (Wildman–Crippen LogP) is 1.21. The zero-order valence-electron chi connectivity index (χ0n) is 20.0. The molecule has 0 radical (unpaired) electrons. The first kappa shape index (κ1) is 27.6. The predicted molar refractivity (Wildman–Crippen MR) is 114 cm³/mol. The molecule has 2 rings (SSSR count). The molecule has 0 unspecified atom stereocenters. The Morgan fingerprint density at radius 2 is 1.20 bits per heavy atom. The summed E-state index contributed by atoms with van der Waals surface area (Å²) < 4.78 is 37.7. The number of hydrogen-bond acceptors (Lipinski definition) is 12. The molecule has 1 aromatic carbocycles. The van der Waals surface area contributed by atoms with Crippen LogP contribution in [0.3, 0.4) is 0 Å². The fraction of sp³-hybridized carbons (Fsp3) is 0.522. The van der Waals surface area contributed by atoms with Crippen LogP contribution in [0.1, 0.15) is 40.2 Å². The molecule has 1 aliphatic rings. The topological polar surface area (TPSA) is 150 Å². The molecule has 0 N–H and O–H groups in total. The molecule has 5 atom stereocenters. The smallest absolute Gasteiger partial charge is 0.303 e. The van der Waals surface area contributed by atoms with Gasteiger partial charge < -0.3 is 33.2 Å². The summed E-state index contributed by atoms with van der Waals surface area (Å²) in [5, 5.41) is 0. The number of carbonyl (C=O) groups excluding carboxylic acids is 5. The highest BCUT2D eigenvalue weighted by Crippen LogP contribution is 2.31. The van der Waals surface area contributed by atoms with Gasteiger partial charge >= 0.3 is 29.8 Å². The van der Waals surface area contributed by atoms with E-state index in [0.717, 1.165) is 20.8 Å². The number of ether oxygens (including phenoxy) is 7. The number of rotatable bonds is 9. The molecule has 0 spiro atoms. The fourth-order valence-corrected chi connectivity index (χ4v) is 3.27. The van der Waals surface area contributed by atoms with Crippen LogP contribution < -0.4 is 4.74 Å². The van der Waals surface area contributed by atoms with Crippen LogP contribution in [0.25, 0.3) is 0 Å². The summed E-state index contributed by atoms with van der Waals surface area (Å²) in [7, 11) is 0. The first-order chi connectivity index (χ1) is 16.5. The summed E-state index contributed by atoms with van der Waals surface area (Å²) >= 11 is 0. The first-order valence-corrected chi connectivity index (χ1v) is 10.7. The van der Waals surface area contributed by atoms with Gasteiger partial charge in [0.25, 0.3) is 0 Å². The van der Waals surface area contributed by atoms with E-state index in [4.69, 9.17) is 33.2 Å². The number of benzene rings is 1. The van der Waals surface area contributed by atoms with E-state index >= 15 is 0 Å². The van der Waals surface area contributed by atoms with Gasteiger partial charge in [0, 0.05) is 34.6 Å². The molecule has 1 aliphatic heterocycles. The van der Waals surface area contributed by atoms with Crippen molar-refractivity contribution in [2.75, 3.05) is 6.61 Å². The van der Waals surface area contributed by atoms with Crippen molar-refractivity contribution in [1.29, 1.82) is 0 Å². The third-order valence-electron chi connectivity index (χ3n) is 4.57. The number of esters is 5. The second-order valence-electron chi connectivity index (χ2n) is 7.61. The van der Waals surface area contributed by atoms with Crippen molar-refractivity contribution < 1.29 is 57.1 Å². The molecule has 0 bridgehead atoms. The highest BCUT2D eigenvalue weighted by atomic mass is 16.7. The summed E-state index contributed by atoms with van der Waals surface area (Å²) in [4.78, 5) is 57.8. The molecule has 0 amide bonds. The highest BCUT2D eigenvalue weighted by Gasteiger charge is 2.53. The lowest BCUT2D eigenvalue weighted by Crippen LogP contribution is -2.63. The van der Waals surface area contributed by atoms with E-state index in [1.54, 1.807) is 24.3 Å². The van der Waals surface area contributed by atoms with Crippen molar-refractivity contribution >= 4 is 29.8 Å². The standard InChI is InChI=1S/C23H28O12/c1-12(24)29-10-17-6-8-18(9-7-17)34-23-22(33-16(5)28)21(32-15(4)27)20(31-14(3)26)19(35-23)11-30-13(2)25/h6-9,19-23H,10-11H2,1-5H3/t19-,20-,21+,22-,23-/m1/s1. The molecular weight excluding hydrogens is 468 g/mol. The minimum Gasteiger partial charge on any atom is -0.463 e.